The smallest absolute Gasteiger partial charge is 0.246 e. The van der Waals surface area contributed by atoms with Crippen LogP contribution in [-0.2, 0) is 4.79 Å². The number of pyridine rings is 1. The van der Waals surface area contributed by atoms with E-state index in [0.29, 0.717) is 41.4 Å². The van der Waals surface area contributed by atoms with E-state index in [1.807, 2.05) is 29.2 Å². The van der Waals surface area contributed by atoms with Gasteiger partial charge in [-0.2, -0.15) is 0 Å². The highest BCUT2D eigenvalue weighted by molar-refractivity contribution is 6.36. The zero-order valence-corrected chi connectivity index (χ0v) is 19.4. The van der Waals surface area contributed by atoms with Crippen LogP contribution >= 0.6 is 11.6 Å². The number of benzene rings is 2. The largest absolute Gasteiger partial charge is 0.352 e. The van der Waals surface area contributed by atoms with Crippen LogP contribution in [0.15, 0.2) is 61.6 Å². The first-order chi connectivity index (χ1) is 17.0. The molecule has 7 nitrogen and oxygen atoms in total. The number of carbonyl (C=O) groups is 1. The van der Waals surface area contributed by atoms with Crippen LogP contribution in [-0.4, -0.2) is 58.0 Å². The van der Waals surface area contributed by atoms with Crippen LogP contribution in [0.5, 0.6) is 0 Å². The maximum absolute atomic E-state index is 15.9. The van der Waals surface area contributed by atoms with Gasteiger partial charge in [0.2, 0.25) is 12.5 Å². The van der Waals surface area contributed by atoms with Gasteiger partial charge in [-0.05, 0) is 17.5 Å². The minimum atomic E-state index is -0.559. The Balaban J connectivity index is 1.58. The van der Waals surface area contributed by atoms with Gasteiger partial charge in [0.1, 0.15) is 29.4 Å². The molecule has 1 amide bonds. The molecule has 5 rings (SSSR count). The summed E-state index contributed by atoms with van der Waals surface area (Å²) in [6.45, 7) is 12.2. The zero-order chi connectivity index (χ0) is 24.5. The van der Waals surface area contributed by atoms with Crippen LogP contribution in [0, 0.1) is 12.4 Å². The Labute approximate surface area is 206 Å². The van der Waals surface area contributed by atoms with Gasteiger partial charge in [0.25, 0.3) is 0 Å². The van der Waals surface area contributed by atoms with Gasteiger partial charge >= 0.3 is 0 Å². The summed E-state index contributed by atoms with van der Waals surface area (Å²) >= 11 is 6.46. The van der Waals surface area contributed by atoms with E-state index >= 15 is 4.39 Å². The van der Waals surface area contributed by atoms with E-state index in [-0.39, 0.29) is 29.7 Å². The Bertz CT molecular complexity index is 1510. The van der Waals surface area contributed by atoms with Gasteiger partial charge in [-0.15, -0.1) is 0 Å². The SMILES string of the molecule is [C-]#[N+]C[C@H]1CN(c2ncnc3c(F)c(-c4cccc5cccc(Cl)c45)ncc23)CCN1C(=O)C=C. The molecule has 0 unspecified atom stereocenters. The molecule has 0 radical (unpaired) electrons. The van der Waals surface area contributed by atoms with E-state index < -0.39 is 5.82 Å². The molecule has 2 aromatic carbocycles. The second kappa shape index (κ2) is 9.28. The fourth-order valence-corrected chi connectivity index (χ4v) is 4.91. The predicted octanol–water partition coefficient (Wildman–Crippen LogP) is 4.76. The number of rotatable bonds is 4. The molecule has 2 aromatic heterocycles. The molecule has 0 bridgehead atoms. The van der Waals surface area contributed by atoms with Crippen molar-refractivity contribution in [1.29, 1.82) is 0 Å². The highest BCUT2D eigenvalue weighted by atomic mass is 35.5. The molecular weight excluding hydrogens is 467 g/mol. The van der Waals surface area contributed by atoms with Crippen molar-refractivity contribution in [3.8, 4) is 11.3 Å². The van der Waals surface area contributed by atoms with Gasteiger partial charge < -0.3 is 14.6 Å². The van der Waals surface area contributed by atoms with Crippen molar-refractivity contribution in [3.05, 3.63) is 83.8 Å². The molecule has 1 aliphatic rings. The van der Waals surface area contributed by atoms with Crippen molar-refractivity contribution >= 4 is 45.0 Å². The molecule has 4 aromatic rings. The third-order valence-corrected chi connectivity index (χ3v) is 6.57. The zero-order valence-electron chi connectivity index (χ0n) is 18.7. The van der Waals surface area contributed by atoms with E-state index in [2.05, 4.69) is 26.4 Å². The first-order valence-corrected chi connectivity index (χ1v) is 11.4. The maximum atomic E-state index is 15.9. The summed E-state index contributed by atoms with van der Waals surface area (Å²) in [5.41, 5.74) is 0.893. The molecule has 174 valence electrons. The third-order valence-electron chi connectivity index (χ3n) is 6.25. The standard InChI is InChI=1S/C26H20ClFN6O/c1-3-21(35)34-11-10-33(14-17(34)12-29-2)26-19-13-30-24(23(28)25(19)31-15-32-26)18-8-4-6-16-7-5-9-20(27)22(16)18/h3-9,13,15,17H,1,10-12,14H2/t17-/m0/s1. The first-order valence-electron chi connectivity index (χ1n) is 11.0. The van der Waals surface area contributed by atoms with Crippen LogP contribution < -0.4 is 4.90 Å². The molecule has 1 aliphatic heterocycles. The summed E-state index contributed by atoms with van der Waals surface area (Å²) in [5, 5.41) is 2.59. The second-order valence-electron chi connectivity index (χ2n) is 8.20. The molecule has 1 atom stereocenters. The van der Waals surface area contributed by atoms with Crippen molar-refractivity contribution in [2.45, 2.75) is 6.04 Å². The van der Waals surface area contributed by atoms with Crippen molar-refractivity contribution in [2.24, 2.45) is 0 Å². The predicted molar refractivity (Wildman–Crippen MR) is 135 cm³/mol. The summed E-state index contributed by atoms with van der Waals surface area (Å²) in [5.74, 6) is -0.252. The second-order valence-corrected chi connectivity index (χ2v) is 8.61. The van der Waals surface area contributed by atoms with E-state index in [1.54, 1.807) is 23.2 Å². The van der Waals surface area contributed by atoms with Gasteiger partial charge in [0, 0.05) is 41.8 Å². The summed E-state index contributed by atoms with van der Waals surface area (Å²) in [6.07, 6.45) is 4.16. The van der Waals surface area contributed by atoms with Gasteiger partial charge in [0.15, 0.2) is 5.82 Å². The number of fused-ring (bicyclic) bond motifs is 2. The van der Waals surface area contributed by atoms with Gasteiger partial charge in [-0.25, -0.2) is 20.9 Å². The maximum Gasteiger partial charge on any atom is 0.246 e. The Morgan fingerprint density at radius 1 is 1.23 bits per heavy atom. The topological polar surface area (TPSA) is 66.6 Å². The van der Waals surface area contributed by atoms with E-state index in [0.717, 1.165) is 10.8 Å². The minimum Gasteiger partial charge on any atom is -0.352 e. The first kappa shape index (κ1) is 22.7. The number of halogens is 2. The van der Waals surface area contributed by atoms with Crippen molar-refractivity contribution in [1.82, 2.24) is 19.9 Å². The summed E-state index contributed by atoms with van der Waals surface area (Å²) in [7, 11) is 0. The molecule has 1 fully saturated rings. The minimum absolute atomic E-state index is 0.149. The number of aromatic nitrogens is 3. The molecule has 0 saturated carbocycles. The summed E-state index contributed by atoms with van der Waals surface area (Å²) in [6, 6.07) is 10.8. The molecule has 0 aliphatic carbocycles. The lowest BCUT2D eigenvalue weighted by Gasteiger charge is -2.39. The molecule has 1 saturated heterocycles. The molecular formula is C26H20ClFN6O. The number of carbonyl (C=O) groups excluding carboxylic acids is 1. The Morgan fingerprint density at radius 3 is 2.80 bits per heavy atom. The Kier molecular flexibility index (Phi) is 6.01. The monoisotopic (exact) mass is 486 g/mol. The average Bonchev–Trinajstić information content (AvgIpc) is 2.88. The summed E-state index contributed by atoms with van der Waals surface area (Å²) in [4.78, 5) is 32.4. The number of hydrogen-bond acceptors (Lipinski definition) is 5. The van der Waals surface area contributed by atoms with E-state index in [4.69, 9.17) is 18.2 Å². The van der Waals surface area contributed by atoms with Crippen LogP contribution in [0.3, 0.4) is 0 Å². The molecule has 9 heteroatoms. The number of amides is 1. The highest BCUT2D eigenvalue weighted by Gasteiger charge is 2.33. The van der Waals surface area contributed by atoms with E-state index in [9.17, 15) is 4.79 Å². The highest BCUT2D eigenvalue weighted by Crippen LogP contribution is 2.36. The van der Waals surface area contributed by atoms with Crippen LogP contribution in [0.4, 0.5) is 10.2 Å². The van der Waals surface area contributed by atoms with Crippen LogP contribution in [0.1, 0.15) is 0 Å². The lowest BCUT2D eigenvalue weighted by Crippen LogP contribution is -2.56. The summed E-state index contributed by atoms with van der Waals surface area (Å²) < 4.78 is 15.9. The Hall–Kier alpha value is -4.09. The number of hydrogen-bond donors (Lipinski definition) is 0. The molecule has 35 heavy (non-hydrogen) atoms. The Morgan fingerprint density at radius 2 is 2.03 bits per heavy atom. The quantitative estimate of drug-likeness (QED) is 0.307. The number of nitrogens with zero attached hydrogens (tertiary/aromatic N) is 6. The fraction of sp³-hybridized carbons (Fsp3) is 0.192. The lowest BCUT2D eigenvalue weighted by atomic mass is 10.0. The number of piperazine rings is 1. The van der Waals surface area contributed by atoms with Gasteiger partial charge in [-0.3, -0.25) is 9.78 Å². The lowest BCUT2D eigenvalue weighted by molar-refractivity contribution is -0.128. The van der Waals surface area contributed by atoms with Crippen molar-refractivity contribution in [3.63, 3.8) is 0 Å². The normalized spacial score (nSPS) is 15.9. The van der Waals surface area contributed by atoms with Crippen LogP contribution in [0.25, 0.3) is 37.8 Å². The van der Waals surface area contributed by atoms with E-state index in [1.165, 1.54) is 12.4 Å². The molecule has 0 N–H and O–H groups in total. The van der Waals surface area contributed by atoms with Gasteiger partial charge in [-0.1, -0.05) is 48.5 Å². The molecule has 0 spiro atoms. The molecule has 3 heterocycles. The fourth-order valence-electron chi connectivity index (χ4n) is 4.63. The van der Waals surface area contributed by atoms with Crippen molar-refractivity contribution < 1.29 is 9.18 Å². The average molecular weight is 487 g/mol. The van der Waals surface area contributed by atoms with Crippen molar-refractivity contribution in [2.75, 3.05) is 31.1 Å². The van der Waals surface area contributed by atoms with Gasteiger partial charge in [0.05, 0.1) is 5.39 Å². The number of anilines is 1. The third kappa shape index (κ3) is 3.94. The van der Waals surface area contributed by atoms with Crippen LogP contribution in [0.2, 0.25) is 5.02 Å².